The van der Waals surface area contributed by atoms with E-state index in [-0.39, 0.29) is 18.2 Å². The zero-order valence-corrected chi connectivity index (χ0v) is 15.1. The largest absolute Gasteiger partial charge is 0.483 e. The van der Waals surface area contributed by atoms with E-state index in [1.165, 1.54) is 12.1 Å². The molecule has 0 bridgehead atoms. The number of alkyl halides is 1. The first-order valence-electron chi connectivity index (χ1n) is 9.21. The Labute approximate surface area is 159 Å². The van der Waals surface area contributed by atoms with Crippen LogP contribution in [0.25, 0.3) is 22.3 Å². The van der Waals surface area contributed by atoms with Crippen molar-refractivity contribution >= 4 is 17.4 Å². The third kappa shape index (κ3) is 3.15. The monoisotopic (exact) mass is 390 g/mol. The van der Waals surface area contributed by atoms with Gasteiger partial charge in [-0.2, -0.15) is 4.98 Å². The molecule has 2 N–H and O–H groups in total. The summed E-state index contributed by atoms with van der Waals surface area (Å²) in [5.74, 6) is 0.114. The lowest BCUT2D eigenvalue weighted by atomic mass is 9.96. The first-order chi connectivity index (χ1) is 13.6. The van der Waals surface area contributed by atoms with Crippen molar-refractivity contribution in [2.45, 2.75) is 37.9 Å². The van der Waals surface area contributed by atoms with Gasteiger partial charge in [-0.15, -0.1) is 0 Å². The SMILES string of the molecule is Fc1ccc2c(c1)c(-c1noc([C@H]3CCNC[C@H]3F)n1)c1n2CCC1.O=CO. The normalized spacial score (nSPS) is 21.2. The van der Waals surface area contributed by atoms with Crippen molar-refractivity contribution in [2.75, 3.05) is 13.1 Å². The molecular weight excluding hydrogens is 370 g/mol. The zero-order valence-electron chi connectivity index (χ0n) is 15.1. The number of benzene rings is 1. The van der Waals surface area contributed by atoms with E-state index in [1.54, 1.807) is 6.07 Å². The fraction of sp³-hybridized carbons (Fsp3) is 0.421. The first kappa shape index (κ1) is 18.5. The highest BCUT2D eigenvalue weighted by Crippen LogP contribution is 2.38. The van der Waals surface area contributed by atoms with Crippen molar-refractivity contribution in [2.24, 2.45) is 0 Å². The Morgan fingerprint density at radius 1 is 1.39 bits per heavy atom. The number of carboxylic acid groups (broad SMARTS) is 1. The minimum Gasteiger partial charge on any atom is -0.483 e. The second kappa shape index (κ2) is 7.67. The van der Waals surface area contributed by atoms with Crippen LogP contribution in [0.1, 0.15) is 30.3 Å². The molecule has 1 saturated heterocycles. The number of fused-ring (bicyclic) bond motifs is 3. The molecule has 0 radical (unpaired) electrons. The van der Waals surface area contributed by atoms with Crippen LogP contribution in [0.3, 0.4) is 0 Å². The molecule has 1 aromatic carbocycles. The van der Waals surface area contributed by atoms with Gasteiger partial charge in [0.1, 0.15) is 12.0 Å². The topological polar surface area (TPSA) is 93.2 Å². The Morgan fingerprint density at radius 2 is 2.21 bits per heavy atom. The Bertz CT molecular complexity index is 1000. The number of piperidine rings is 1. The Balaban J connectivity index is 0.000000604. The second-order valence-electron chi connectivity index (χ2n) is 6.92. The van der Waals surface area contributed by atoms with Gasteiger partial charge in [0.2, 0.25) is 11.7 Å². The zero-order chi connectivity index (χ0) is 19.7. The predicted octanol–water partition coefficient (Wildman–Crippen LogP) is 2.89. The minimum absolute atomic E-state index is 0.250. The molecule has 7 nitrogen and oxygen atoms in total. The number of hydrogen-bond donors (Lipinski definition) is 2. The molecule has 5 rings (SSSR count). The van der Waals surface area contributed by atoms with E-state index in [4.69, 9.17) is 14.4 Å². The van der Waals surface area contributed by atoms with Gasteiger partial charge in [0.05, 0.1) is 11.5 Å². The third-order valence-electron chi connectivity index (χ3n) is 5.32. The van der Waals surface area contributed by atoms with Crippen molar-refractivity contribution in [1.29, 1.82) is 0 Å². The van der Waals surface area contributed by atoms with Crippen LogP contribution in [0, 0.1) is 5.82 Å². The lowest BCUT2D eigenvalue weighted by molar-refractivity contribution is -0.122. The third-order valence-corrected chi connectivity index (χ3v) is 5.32. The Hall–Kier alpha value is -2.81. The van der Waals surface area contributed by atoms with Crippen LogP contribution in [-0.2, 0) is 17.8 Å². The molecule has 2 aliphatic rings. The smallest absolute Gasteiger partial charge is 0.290 e. The van der Waals surface area contributed by atoms with Gasteiger partial charge in [-0.05, 0) is 44.0 Å². The number of halogens is 2. The highest BCUT2D eigenvalue weighted by molar-refractivity contribution is 5.96. The molecule has 1 fully saturated rings. The molecule has 9 heteroatoms. The summed E-state index contributed by atoms with van der Waals surface area (Å²) in [6.07, 6.45) is 1.54. The van der Waals surface area contributed by atoms with Gasteiger partial charge in [0, 0.05) is 29.7 Å². The van der Waals surface area contributed by atoms with Gasteiger partial charge in [-0.3, -0.25) is 4.79 Å². The number of aromatic nitrogens is 3. The van der Waals surface area contributed by atoms with E-state index in [1.807, 2.05) is 0 Å². The summed E-state index contributed by atoms with van der Waals surface area (Å²) in [6.45, 7) is 1.69. The number of aryl methyl sites for hydroxylation is 1. The number of nitrogens with zero attached hydrogens (tertiary/aromatic N) is 3. The maximum Gasteiger partial charge on any atom is 0.290 e. The van der Waals surface area contributed by atoms with E-state index in [0.717, 1.165) is 48.1 Å². The summed E-state index contributed by atoms with van der Waals surface area (Å²) < 4.78 is 35.6. The number of nitrogens with one attached hydrogen (secondary N) is 1. The molecule has 0 spiro atoms. The summed E-state index contributed by atoms with van der Waals surface area (Å²) in [5.41, 5.74) is 2.92. The van der Waals surface area contributed by atoms with Crippen LogP contribution in [0.2, 0.25) is 0 Å². The van der Waals surface area contributed by atoms with E-state index >= 15 is 0 Å². The van der Waals surface area contributed by atoms with Crippen LogP contribution >= 0.6 is 0 Å². The predicted molar refractivity (Wildman–Crippen MR) is 97.3 cm³/mol. The highest BCUT2D eigenvalue weighted by atomic mass is 19.1. The molecule has 0 aliphatic carbocycles. The lowest BCUT2D eigenvalue weighted by Gasteiger charge is -2.23. The lowest BCUT2D eigenvalue weighted by Crippen LogP contribution is -2.36. The van der Waals surface area contributed by atoms with Crippen molar-refractivity contribution in [3.8, 4) is 11.4 Å². The van der Waals surface area contributed by atoms with Gasteiger partial charge in [-0.25, -0.2) is 8.78 Å². The average Bonchev–Trinajstić information content (AvgIpc) is 3.38. The molecule has 2 atom stereocenters. The van der Waals surface area contributed by atoms with Crippen molar-refractivity contribution in [3.63, 3.8) is 0 Å². The molecular formula is C19H20F2N4O3. The van der Waals surface area contributed by atoms with Gasteiger partial charge >= 0.3 is 0 Å². The fourth-order valence-corrected chi connectivity index (χ4v) is 4.14. The van der Waals surface area contributed by atoms with Gasteiger partial charge in [0.25, 0.3) is 6.47 Å². The molecule has 4 heterocycles. The first-order valence-corrected chi connectivity index (χ1v) is 9.21. The van der Waals surface area contributed by atoms with Crippen molar-refractivity contribution < 1.29 is 23.2 Å². The molecule has 3 aromatic rings. The maximum absolute atomic E-state index is 14.2. The van der Waals surface area contributed by atoms with Gasteiger partial charge < -0.3 is 19.5 Å². The van der Waals surface area contributed by atoms with E-state index in [0.29, 0.717) is 24.7 Å². The quantitative estimate of drug-likeness (QED) is 0.654. The average molecular weight is 390 g/mol. The summed E-state index contributed by atoms with van der Waals surface area (Å²) in [6, 6.07) is 4.80. The molecule has 28 heavy (non-hydrogen) atoms. The molecule has 0 amide bonds. The second-order valence-corrected chi connectivity index (χ2v) is 6.92. The summed E-state index contributed by atoms with van der Waals surface area (Å²) >= 11 is 0. The molecule has 0 saturated carbocycles. The summed E-state index contributed by atoms with van der Waals surface area (Å²) in [4.78, 5) is 12.9. The molecule has 2 aliphatic heterocycles. The number of carbonyl (C=O) groups is 1. The van der Waals surface area contributed by atoms with Gasteiger partial charge in [-0.1, -0.05) is 5.16 Å². The van der Waals surface area contributed by atoms with Crippen molar-refractivity contribution in [3.05, 3.63) is 35.6 Å². The van der Waals surface area contributed by atoms with E-state index < -0.39 is 6.17 Å². The van der Waals surface area contributed by atoms with Crippen molar-refractivity contribution in [1.82, 2.24) is 20.0 Å². The van der Waals surface area contributed by atoms with E-state index in [9.17, 15) is 8.78 Å². The van der Waals surface area contributed by atoms with Crippen LogP contribution in [0.4, 0.5) is 8.78 Å². The van der Waals surface area contributed by atoms with Crippen LogP contribution in [-0.4, -0.2) is 45.5 Å². The minimum atomic E-state index is -1.03. The number of hydrogen-bond acceptors (Lipinski definition) is 5. The van der Waals surface area contributed by atoms with Gasteiger partial charge in [0.15, 0.2) is 0 Å². The number of rotatable bonds is 2. The molecule has 2 aromatic heterocycles. The molecule has 148 valence electrons. The molecule has 0 unspecified atom stereocenters. The van der Waals surface area contributed by atoms with E-state index in [2.05, 4.69) is 20.0 Å². The van der Waals surface area contributed by atoms with Crippen LogP contribution in [0.15, 0.2) is 22.7 Å². The van der Waals surface area contributed by atoms with Crippen LogP contribution in [0.5, 0.6) is 0 Å². The summed E-state index contributed by atoms with van der Waals surface area (Å²) in [5, 5.41) is 14.8. The highest BCUT2D eigenvalue weighted by Gasteiger charge is 2.32. The standard InChI is InChI=1S/C18H18F2N4O.CH2O2/c19-10-3-4-14-12(8-10)16(15-2-1-7-24(14)15)17-22-18(25-23-17)11-5-6-21-9-13(11)20;2-1-3/h3-4,8,11,13,21H,1-2,5-7,9H2;1H,(H,2,3)/t11-,13+;/m0./s1. The van der Waals surface area contributed by atoms with Crippen LogP contribution < -0.4 is 5.32 Å². The maximum atomic E-state index is 14.2. The Morgan fingerprint density at radius 3 is 3.00 bits per heavy atom. The fourth-order valence-electron chi connectivity index (χ4n) is 4.14. The Kier molecular flexibility index (Phi) is 5.08. The summed E-state index contributed by atoms with van der Waals surface area (Å²) in [7, 11) is 0.